The maximum absolute atomic E-state index is 12.5. The number of amides is 1. The van der Waals surface area contributed by atoms with Crippen LogP contribution in [0.2, 0.25) is 0 Å². The highest BCUT2D eigenvalue weighted by molar-refractivity contribution is 7.99. The van der Waals surface area contributed by atoms with Crippen molar-refractivity contribution < 1.29 is 19.0 Å². The summed E-state index contributed by atoms with van der Waals surface area (Å²) < 4.78 is 18.4. The van der Waals surface area contributed by atoms with Crippen LogP contribution in [0.25, 0.3) is 0 Å². The van der Waals surface area contributed by atoms with E-state index in [0.29, 0.717) is 41.3 Å². The van der Waals surface area contributed by atoms with Gasteiger partial charge in [0.05, 0.1) is 25.7 Å². The second-order valence-corrected chi connectivity index (χ2v) is 8.10. The van der Waals surface area contributed by atoms with Gasteiger partial charge in [-0.3, -0.25) is 4.79 Å². The lowest BCUT2D eigenvalue weighted by Gasteiger charge is -2.12. The van der Waals surface area contributed by atoms with E-state index in [2.05, 4.69) is 21.6 Å². The summed E-state index contributed by atoms with van der Waals surface area (Å²) in [6, 6.07) is 11.3. The lowest BCUT2D eigenvalue weighted by molar-refractivity contribution is -0.113. The number of benzene rings is 2. The lowest BCUT2D eigenvalue weighted by Crippen LogP contribution is -2.15. The zero-order valence-corrected chi connectivity index (χ0v) is 19.8. The molecular formula is C23H28N4O4S. The monoisotopic (exact) mass is 456 g/mol. The van der Waals surface area contributed by atoms with Crippen molar-refractivity contribution in [1.82, 2.24) is 14.8 Å². The largest absolute Gasteiger partial charge is 0.497 e. The Hall–Kier alpha value is -3.20. The first-order chi connectivity index (χ1) is 15.4. The molecule has 0 fully saturated rings. The van der Waals surface area contributed by atoms with Crippen molar-refractivity contribution in [2.24, 2.45) is 0 Å². The van der Waals surface area contributed by atoms with Crippen LogP contribution in [0, 0.1) is 13.8 Å². The van der Waals surface area contributed by atoms with Crippen LogP contribution in [0.15, 0.2) is 41.6 Å². The third kappa shape index (κ3) is 5.94. The van der Waals surface area contributed by atoms with E-state index in [1.807, 2.05) is 37.5 Å². The summed E-state index contributed by atoms with van der Waals surface area (Å²) in [6.45, 7) is 7.07. The summed E-state index contributed by atoms with van der Waals surface area (Å²) in [7, 11) is 3.12. The normalized spacial score (nSPS) is 10.7. The second kappa shape index (κ2) is 10.9. The number of hydrogen-bond acceptors (Lipinski definition) is 7. The Morgan fingerprint density at radius 3 is 2.44 bits per heavy atom. The molecule has 3 rings (SSSR count). The van der Waals surface area contributed by atoms with Crippen molar-refractivity contribution in [3.05, 3.63) is 53.3 Å². The molecule has 3 aromatic rings. The molecule has 9 heteroatoms. The molecular weight excluding hydrogens is 428 g/mol. The van der Waals surface area contributed by atoms with Crippen LogP contribution in [0.3, 0.4) is 0 Å². The standard InChI is InChI=1S/C23H28N4O4S/c1-6-27-21(13-31-18-10-15(2)9-16(3)11-18)25-26-23(27)32-14-22(28)24-19-8-7-17(29-4)12-20(19)30-5/h7-12H,6,13-14H2,1-5H3,(H,24,28). The number of carbonyl (C=O) groups is 1. The first-order valence-electron chi connectivity index (χ1n) is 10.2. The number of methoxy groups -OCH3 is 2. The fraction of sp³-hybridized carbons (Fsp3) is 0.348. The quantitative estimate of drug-likeness (QED) is 0.457. The third-order valence-corrected chi connectivity index (χ3v) is 5.65. The van der Waals surface area contributed by atoms with Crippen LogP contribution in [0.4, 0.5) is 5.69 Å². The Bertz CT molecular complexity index is 1060. The highest BCUT2D eigenvalue weighted by atomic mass is 32.2. The van der Waals surface area contributed by atoms with Crippen LogP contribution >= 0.6 is 11.8 Å². The van der Waals surface area contributed by atoms with Crippen molar-refractivity contribution >= 4 is 23.4 Å². The highest BCUT2D eigenvalue weighted by Gasteiger charge is 2.15. The first-order valence-corrected chi connectivity index (χ1v) is 11.2. The molecule has 1 aromatic heterocycles. The van der Waals surface area contributed by atoms with Crippen molar-refractivity contribution in [2.45, 2.75) is 39.1 Å². The summed E-state index contributed by atoms with van der Waals surface area (Å²) in [6.07, 6.45) is 0. The minimum atomic E-state index is -0.169. The van der Waals surface area contributed by atoms with Crippen LogP contribution in [-0.4, -0.2) is 40.6 Å². The minimum absolute atomic E-state index is 0.169. The zero-order valence-electron chi connectivity index (χ0n) is 19.0. The van der Waals surface area contributed by atoms with Gasteiger partial charge in [-0.05, 0) is 56.2 Å². The number of anilines is 1. The molecule has 32 heavy (non-hydrogen) atoms. The highest BCUT2D eigenvalue weighted by Crippen LogP contribution is 2.29. The molecule has 2 aromatic carbocycles. The summed E-state index contributed by atoms with van der Waals surface area (Å²) >= 11 is 1.32. The van der Waals surface area contributed by atoms with E-state index in [0.717, 1.165) is 16.9 Å². The van der Waals surface area contributed by atoms with E-state index in [1.165, 1.54) is 11.8 Å². The lowest BCUT2D eigenvalue weighted by atomic mass is 10.1. The second-order valence-electron chi connectivity index (χ2n) is 7.16. The molecule has 1 N–H and O–H groups in total. The van der Waals surface area contributed by atoms with Gasteiger partial charge in [-0.2, -0.15) is 0 Å². The maximum atomic E-state index is 12.5. The van der Waals surface area contributed by atoms with Gasteiger partial charge in [0.25, 0.3) is 0 Å². The average molecular weight is 457 g/mol. The molecule has 0 unspecified atom stereocenters. The van der Waals surface area contributed by atoms with Gasteiger partial charge >= 0.3 is 0 Å². The molecule has 0 aliphatic rings. The van der Waals surface area contributed by atoms with Gasteiger partial charge in [-0.15, -0.1) is 10.2 Å². The maximum Gasteiger partial charge on any atom is 0.234 e. The van der Waals surface area contributed by atoms with Crippen LogP contribution in [-0.2, 0) is 17.9 Å². The van der Waals surface area contributed by atoms with Gasteiger partial charge in [0.1, 0.15) is 23.9 Å². The van der Waals surface area contributed by atoms with Gasteiger partial charge in [-0.1, -0.05) is 17.8 Å². The molecule has 0 aliphatic heterocycles. The van der Waals surface area contributed by atoms with E-state index < -0.39 is 0 Å². The van der Waals surface area contributed by atoms with E-state index in [9.17, 15) is 4.79 Å². The van der Waals surface area contributed by atoms with Gasteiger partial charge < -0.3 is 24.1 Å². The molecule has 0 saturated heterocycles. The molecule has 0 spiro atoms. The molecule has 0 bridgehead atoms. The fourth-order valence-corrected chi connectivity index (χ4v) is 4.05. The van der Waals surface area contributed by atoms with Crippen LogP contribution in [0.1, 0.15) is 23.9 Å². The van der Waals surface area contributed by atoms with E-state index >= 15 is 0 Å². The predicted molar refractivity (Wildman–Crippen MR) is 125 cm³/mol. The number of ether oxygens (including phenoxy) is 3. The van der Waals surface area contributed by atoms with Gasteiger partial charge in [0, 0.05) is 12.6 Å². The Balaban J connectivity index is 1.60. The van der Waals surface area contributed by atoms with Crippen molar-refractivity contribution in [3.63, 3.8) is 0 Å². The zero-order chi connectivity index (χ0) is 23.1. The van der Waals surface area contributed by atoms with Gasteiger partial charge in [0.15, 0.2) is 11.0 Å². The van der Waals surface area contributed by atoms with E-state index in [4.69, 9.17) is 14.2 Å². The Morgan fingerprint density at radius 2 is 1.78 bits per heavy atom. The molecule has 0 atom stereocenters. The van der Waals surface area contributed by atoms with E-state index in [1.54, 1.807) is 32.4 Å². The first kappa shape index (κ1) is 23.5. The third-order valence-electron chi connectivity index (χ3n) is 4.69. The number of rotatable bonds is 10. The molecule has 0 aliphatic carbocycles. The average Bonchev–Trinajstić information content (AvgIpc) is 3.17. The summed E-state index contributed by atoms with van der Waals surface area (Å²) in [5.41, 5.74) is 2.87. The van der Waals surface area contributed by atoms with Crippen molar-refractivity contribution in [2.75, 3.05) is 25.3 Å². The number of aryl methyl sites for hydroxylation is 2. The summed E-state index contributed by atoms with van der Waals surface area (Å²) in [4.78, 5) is 12.5. The number of thioether (sulfide) groups is 1. The van der Waals surface area contributed by atoms with E-state index in [-0.39, 0.29) is 11.7 Å². The van der Waals surface area contributed by atoms with Crippen LogP contribution in [0.5, 0.6) is 17.2 Å². The minimum Gasteiger partial charge on any atom is -0.497 e. The Morgan fingerprint density at radius 1 is 1.03 bits per heavy atom. The Kier molecular flexibility index (Phi) is 7.99. The summed E-state index contributed by atoms with van der Waals surface area (Å²) in [5, 5.41) is 12.0. The molecule has 1 heterocycles. The molecule has 8 nitrogen and oxygen atoms in total. The number of aromatic nitrogens is 3. The topological polar surface area (TPSA) is 87.5 Å². The number of carbonyl (C=O) groups excluding carboxylic acids is 1. The van der Waals surface area contributed by atoms with Gasteiger partial charge in [0.2, 0.25) is 5.91 Å². The van der Waals surface area contributed by atoms with Gasteiger partial charge in [-0.25, -0.2) is 0 Å². The smallest absolute Gasteiger partial charge is 0.234 e. The molecule has 1 amide bonds. The molecule has 0 radical (unpaired) electrons. The number of nitrogens with one attached hydrogen (secondary N) is 1. The van der Waals surface area contributed by atoms with Crippen molar-refractivity contribution in [1.29, 1.82) is 0 Å². The fourth-order valence-electron chi connectivity index (χ4n) is 3.23. The SMILES string of the molecule is CCn1c(COc2cc(C)cc(C)c2)nnc1SCC(=O)Nc1ccc(OC)cc1OC. The molecule has 0 saturated carbocycles. The number of nitrogens with zero attached hydrogens (tertiary/aromatic N) is 3. The predicted octanol–water partition coefficient (Wildman–Crippen LogP) is 4.24. The molecule has 170 valence electrons. The Labute approximate surface area is 192 Å². The van der Waals surface area contributed by atoms with Crippen LogP contribution < -0.4 is 19.5 Å². The summed E-state index contributed by atoms with van der Waals surface area (Å²) in [5.74, 6) is 2.72. The number of hydrogen-bond donors (Lipinski definition) is 1. The van der Waals surface area contributed by atoms with Crippen molar-refractivity contribution in [3.8, 4) is 17.2 Å².